The Morgan fingerprint density at radius 2 is 1.78 bits per heavy atom. The van der Waals surface area contributed by atoms with Crippen molar-refractivity contribution < 1.29 is 27.1 Å². The van der Waals surface area contributed by atoms with E-state index in [1.165, 1.54) is 25.2 Å². The first kappa shape index (κ1) is 26.0. The maximum atomic E-state index is 13.3. The van der Waals surface area contributed by atoms with Gasteiger partial charge in [-0.25, -0.2) is 21.9 Å². The van der Waals surface area contributed by atoms with Gasteiger partial charge in [-0.3, -0.25) is 10.1 Å². The van der Waals surface area contributed by atoms with E-state index in [1.54, 1.807) is 46.8 Å². The van der Waals surface area contributed by atoms with Crippen LogP contribution < -0.4 is 5.32 Å². The molecule has 1 aromatic carbocycles. The summed E-state index contributed by atoms with van der Waals surface area (Å²) in [6, 6.07) is 7.11. The number of likely N-dealkylation sites (N-methyl/N-ethyl adjacent to an activating group) is 1. The van der Waals surface area contributed by atoms with E-state index in [-0.39, 0.29) is 38.8 Å². The van der Waals surface area contributed by atoms with Crippen LogP contribution >= 0.6 is 11.3 Å². The number of ketones is 1. The van der Waals surface area contributed by atoms with Crippen LogP contribution in [0.25, 0.3) is 0 Å². The molecule has 0 unspecified atom stereocenters. The van der Waals surface area contributed by atoms with E-state index in [0.717, 1.165) is 21.2 Å². The molecule has 0 atom stereocenters. The van der Waals surface area contributed by atoms with Gasteiger partial charge in [-0.1, -0.05) is 26.0 Å². The maximum absolute atomic E-state index is 13.3. The first-order valence-corrected chi connectivity index (χ1v) is 12.3. The molecule has 1 amide bonds. The van der Waals surface area contributed by atoms with E-state index in [0.29, 0.717) is 6.42 Å². The van der Waals surface area contributed by atoms with Crippen LogP contribution in [-0.4, -0.2) is 43.8 Å². The maximum Gasteiger partial charge on any atom is 0.412 e. The molecular formula is C22H29FN2O5S2. The Balaban J connectivity index is 2.32. The highest BCUT2D eigenvalue weighted by atomic mass is 32.2. The van der Waals surface area contributed by atoms with Gasteiger partial charge >= 0.3 is 6.09 Å². The summed E-state index contributed by atoms with van der Waals surface area (Å²) in [5.41, 5.74) is 0.00432. The second-order valence-corrected chi connectivity index (χ2v) is 11.7. The van der Waals surface area contributed by atoms with Gasteiger partial charge in [0, 0.05) is 19.5 Å². The Bertz CT molecular complexity index is 1070. The van der Waals surface area contributed by atoms with Gasteiger partial charge in [0.2, 0.25) is 10.0 Å². The van der Waals surface area contributed by atoms with Crippen LogP contribution in [0.2, 0.25) is 0 Å². The monoisotopic (exact) mass is 484 g/mol. The topological polar surface area (TPSA) is 92.8 Å². The molecule has 0 aliphatic carbocycles. The summed E-state index contributed by atoms with van der Waals surface area (Å²) < 4.78 is 46.0. The van der Waals surface area contributed by atoms with Gasteiger partial charge in [-0.05, 0) is 51.0 Å². The lowest BCUT2D eigenvalue weighted by atomic mass is 10.1. The number of ether oxygens (including phenoxy) is 1. The van der Waals surface area contributed by atoms with Gasteiger partial charge in [-0.2, -0.15) is 0 Å². The molecule has 2 aromatic rings. The molecule has 7 nitrogen and oxygen atoms in total. The van der Waals surface area contributed by atoms with Crippen molar-refractivity contribution >= 4 is 38.2 Å². The molecule has 10 heteroatoms. The SMILES string of the molecule is CC(C)C(=O)c1cc(S(=O)(=O)N(C)CCc2ccc(F)cc2)c(NC(=O)OC(C)(C)C)s1. The average Bonchev–Trinajstić information content (AvgIpc) is 3.09. The molecule has 0 bridgehead atoms. The minimum Gasteiger partial charge on any atom is -0.444 e. The number of Topliss-reactive ketones (excluding diaryl/α,β-unsaturated/α-hetero) is 1. The van der Waals surface area contributed by atoms with Crippen molar-refractivity contribution in [3.05, 3.63) is 46.6 Å². The van der Waals surface area contributed by atoms with Crippen LogP contribution in [-0.2, 0) is 21.2 Å². The summed E-state index contributed by atoms with van der Waals surface area (Å²) in [4.78, 5) is 24.8. The highest BCUT2D eigenvalue weighted by Gasteiger charge is 2.30. The molecule has 0 aliphatic heterocycles. The van der Waals surface area contributed by atoms with Gasteiger partial charge < -0.3 is 4.74 Å². The second-order valence-electron chi connectivity index (χ2n) is 8.65. The van der Waals surface area contributed by atoms with Gasteiger partial charge in [0.1, 0.15) is 21.3 Å². The Kier molecular flexibility index (Phi) is 8.19. The van der Waals surface area contributed by atoms with Crippen molar-refractivity contribution in [2.24, 2.45) is 5.92 Å². The third-order valence-corrected chi connectivity index (χ3v) is 7.47. The van der Waals surface area contributed by atoms with E-state index < -0.39 is 21.7 Å². The molecule has 1 N–H and O–H groups in total. The van der Waals surface area contributed by atoms with E-state index in [2.05, 4.69) is 5.32 Å². The van der Waals surface area contributed by atoms with Crippen molar-refractivity contribution in [2.75, 3.05) is 18.9 Å². The first-order valence-electron chi connectivity index (χ1n) is 10.1. The number of nitrogens with one attached hydrogen (secondary N) is 1. The van der Waals surface area contributed by atoms with Crippen molar-refractivity contribution in [1.29, 1.82) is 0 Å². The summed E-state index contributed by atoms with van der Waals surface area (Å²) in [6.45, 7) is 8.63. The Hall–Kier alpha value is -2.30. The summed E-state index contributed by atoms with van der Waals surface area (Å²) in [6.07, 6.45) is -0.444. The fraction of sp³-hybridized carbons (Fsp3) is 0.455. The smallest absolute Gasteiger partial charge is 0.412 e. The Morgan fingerprint density at radius 1 is 1.19 bits per heavy atom. The quantitative estimate of drug-likeness (QED) is 0.536. The molecule has 1 aromatic heterocycles. The predicted molar refractivity (Wildman–Crippen MR) is 123 cm³/mol. The van der Waals surface area contributed by atoms with Gasteiger partial charge in [0.05, 0.1) is 4.88 Å². The number of halogens is 1. The van der Waals surface area contributed by atoms with E-state index in [4.69, 9.17) is 4.74 Å². The molecule has 0 aliphatic rings. The fourth-order valence-corrected chi connectivity index (χ4v) is 5.44. The number of anilines is 1. The summed E-state index contributed by atoms with van der Waals surface area (Å²) in [5.74, 6) is -0.930. The number of thiophene rings is 1. The Morgan fingerprint density at radius 3 is 2.31 bits per heavy atom. The van der Waals surface area contributed by atoms with Gasteiger partial charge in [0.25, 0.3) is 0 Å². The van der Waals surface area contributed by atoms with Crippen LogP contribution in [0.3, 0.4) is 0 Å². The van der Waals surface area contributed by atoms with Crippen molar-refractivity contribution in [1.82, 2.24) is 4.31 Å². The third kappa shape index (κ3) is 6.85. The number of carbonyl (C=O) groups is 2. The minimum atomic E-state index is -4.03. The summed E-state index contributed by atoms with van der Waals surface area (Å²) in [7, 11) is -2.61. The number of amides is 1. The molecule has 176 valence electrons. The zero-order chi connectivity index (χ0) is 24.3. The van der Waals surface area contributed by atoms with Crippen LogP contribution in [0.5, 0.6) is 0 Å². The van der Waals surface area contributed by atoms with Crippen LogP contribution in [0.15, 0.2) is 35.2 Å². The van der Waals surface area contributed by atoms with Crippen LogP contribution in [0, 0.1) is 11.7 Å². The largest absolute Gasteiger partial charge is 0.444 e. The number of hydrogen-bond donors (Lipinski definition) is 1. The zero-order valence-electron chi connectivity index (χ0n) is 19.1. The summed E-state index contributed by atoms with van der Waals surface area (Å²) in [5, 5.41) is 2.50. The molecule has 0 spiro atoms. The lowest BCUT2D eigenvalue weighted by molar-refractivity contribution is 0.0636. The van der Waals surface area contributed by atoms with Crippen LogP contribution in [0.1, 0.15) is 49.9 Å². The molecule has 0 fully saturated rings. The third-order valence-electron chi connectivity index (χ3n) is 4.40. The average molecular weight is 485 g/mol. The van der Waals surface area contributed by atoms with Crippen molar-refractivity contribution in [3.8, 4) is 0 Å². The molecular weight excluding hydrogens is 455 g/mol. The van der Waals surface area contributed by atoms with Crippen molar-refractivity contribution in [3.63, 3.8) is 0 Å². The molecule has 32 heavy (non-hydrogen) atoms. The molecule has 1 heterocycles. The zero-order valence-corrected chi connectivity index (χ0v) is 20.7. The molecule has 0 radical (unpaired) electrons. The number of benzene rings is 1. The molecule has 2 rings (SSSR count). The van der Waals surface area contributed by atoms with E-state index >= 15 is 0 Å². The first-order chi connectivity index (χ1) is 14.7. The number of sulfonamides is 1. The number of hydrogen-bond acceptors (Lipinski definition) is 6. The minimum absolute atomic E-state index is 0.0249. The highest BCUT2D eigenvalue weighted by Crippen LogP contribution is 2.35. The molecule has 0 saturated carbocycles. The van der Waals surface area contributed by atoms with E-state index in [9.17, 15) is 22.4 Å². The highest BCUT2D eigenvalue weighted by molar-refractivity contribution is 7.89. The number of rotatable bonds is 8. The lowest BCUT2D eigenvalue weighted by Crippen LogP contribution is -2.30. The predicted octanol–water partition coefficient (Wildman–Crippen LogP) is 4.94. The van der Waals surface area contributed by atoms with Gasteiger partial charge in [0.15, 0.2) is 5.78 Å². The van der Waals surface area contributed by atoms with Crippen molar-refractivity contribution in [2.45, 2.75) is 51.5 Å². The second kappa shape index (κ2) is 10.1. The lowest BCUT2D eigenvalue weighted by Gasteiger charge is -2.20. The standard InChI is InChI=1S/C22H29FN2O5S2/c1-14(2)19(26)17-13-18(20(31-17)24-21(27)30-22(3,4)5)32(28,29)25(6)12-11-15-7-9-16(23)10-8-15/h7-10,13-14H,11-12H2,1-6H3,(H,24,27). The summed E-state index contributed by atoms with van der Waals surface area (Å²) >= 11 is 0.902. The van der Waals surface area contributed by atoms with Gasteiger partial charge in [-0.15, -0.1) is 11.3 Å². The van der Waals surface area contributed by atoms with E-state index in [1.807, 2.05) is 0 Å². The number of nitrogens with zero attached hydrogens (tertiary/aromatic N) is 1. The normalized spacial score (nSPS) is 12.3. The Labute approximate surface area is 192 Å². The number of carbonyl (C=O) groups excluding carboxylic acids is 2. The molecule has 0 saturated heterocycles. The van der Waals surface area contributed by atoms with Crippen LogP contribution in [0.4, 0.5) is 14.2 Å². The fourth-order valence-electron chi connectivity index (χ4n) is 2.68.